The van der Waals surface area contributed by atoms with Crippen molar-refractivity contribution in [3.05, 3.63) is 17.7 Å². The first-order valence-corrected chi connectivity index (χ1v) is 6.44. The molecule has 3 rings (SSSR count). The summed E-state index contributed by atoms with van der Waals surface area (Å²) in [5.74, 6) is -1.04. The molecule has 2 atom stereocenters. The molecule has 19 heavy (non-hydrogen) atoms. The number of fused-ring (bicyclic) bond motifs is 1. The first kappa shape index (κ1) is 12.2. The summed E-state index contributed by atoms with van der Waals surface area (Å²) in [7, 11) is 0. The Morgan fingerprint density at radius 2 is 2.21 bits per heavy atom. The molecule has 6 heteroatoms. The minimum Gasteiger partial charge on any atom is -0.480 e. The molecule has 0 saturated heterocycles. The number of H-pyrrole nitrogens is 1. The fraction of sp³-hybridized carbons (Fsp3) is 0.615. The number of rotatable bonds is 2. The number of hydrogen-bond acceptors (Lipinski definition) is 3. The molecular weight excluding hydrogens is 246 g/mol. The zero-order valence-corrected chi connectivity index (χ0v) is 11.0. The SMILES string of the molecule is CC1(C)CC1C(=O)N1Cc2[nH]cnc2CC1C(=O)O. The van der Waals surface area contributed by atoms with E-state index in [1.165, 1.54) is 4.90 Å². The average molecular weight is 263 g/mol. The summed E-state index contributed by atoms with van der Waals surface area (Å²) in [5, 5.41) is 9.32. The predicted octanol–water partition coefficient (Wildman–Crippen LogP) is 0.794. The van der Waals surface area contributed by atoms with Gasteiger partial charge in [0.25, 0.3) is 0 Å². The third-order valence-electron chi connectivity index (χ3n) is 4.28. The molecule has 1 aromatic heterocycles. The molecule has 1 fully saturated rings. The average Bonchev–Trinajstić information content (AvgIpc) is 2.79. The number of imidazole rings is 1. The number of aromatic nitrogens is 2. The van der Waals surface area contributed by atoms with Crippen LogP contribution in [-0.2, 0) is 22.6 Å². The molecule has 2 unspecified atom stereocenters. The first-order valence-electron chi connectivity index (χ1n) is 6.44. The number of carbonyl (C=O) groups is 2. The molecule has 1 aliphatic carbocycles. The lowest BCUT2D eigenvalue weighted by Crippen LogP contribution is -2.49. The van der Waals surface area contributed by atoms with Crippen LogP contribution in [0.5, 0.6) is 0 Å². The van der Waals surface area contributed by atoms with E-state index in [4.69, 9.17) is 0 Å². The highest BCUT2D eigenvalue weighted by molar-refractivity contribution is 5.88. The topological polar surface area (TPSA) is 86.3 Å². The van der Waals surface area contributed by atoms with Gasteiger partial charge in [0, 0.05) is 12.3 Å². The fourth-order valence-electron chi connectivity index (χ4n) is 2.78. The normalized spacial score (nSPS) is 27.8. The van der Waals surface area contributed by atoms with Crippen molar-refractivity contribution in [1.82, 2.24) is 14.9 Å². The summed E-state index contributed by atoms with van der Waals surface area (Å²) in [5.41, 5.74) is 1.62. The lowest BCUT2D eigenvalue weighted by Gasteiger charge is -2.32. The molecule has 2 aliphatic rings. The van der Waals surface area contributed by atoms with Crippen LogP contribution in [0.1, 0.15) is 31.7 Å². The van der Waals surface area contributed by atoms with E-state index in [1.807, 2.05) is 13.8 Å². The number of aromatic amines is 1. The summed E-state index contributed by atoms with van der Waals surface area (Å²) >= 11 is 0. The lowest BCUT2D eigenvalue weighted by atomic mass is 10.0. The van der Waals surface area contributed by atoms with Crippen molar-refractivity contribution in [1.29, 1.82) is 0 Å². The van der Waals surface area contributed by atoms with Crippen LogP contribution in [0.4, 0.5) is 0 Å². The molecule has 0 radical (unpaired) electrons. The minimum absolute atomic E-state index is 0.00833. The van der Waals surface area contributed by atoms with Gasteiger partial charge in [0.15, 0.2) is 0 Å². The number of carboxylic acid groups (broad SMARTS) is 1. The molecule has 2 N–H and O–H groups in total. The van der Waals surface area contributed by atoms with Crippen molar-refractivity contribution in [2.75, 3.05) is 0 Å². The van der Waals surface area contributed by atoms with E-state index in [0.29, 0.717) is 6.54 Å². The molecular formula is C13H17N3O3. The number of amides is 1. The number of nitrogens with zero attached hydrogens (tertiary/aromatic N) is 2. The van der Waals surface area contributed by atoms with Crippen molar-refractivity contribution in [3.63, 3.8) is 0 Å². The number of carbonyl (C=O) groups excluding carboxylic acids is 1. The summed E-state index contributed by atoms with van der Waals surface area (Å²) in [6, 6.07) is -0.792. The van der Waals surface area contributed by atoms with E-state index in [1.54, 1.807) is 6.33 Å². The molecule has 0 aromatic carbocycles. The molecule has 1 saturated carbocycles. The fourth-order valence-corrected chi connectivity index (χ4v) is 2.78. The first-order chi connectivity index (χ1) is 8.90. The van der Waals surface area contributed by atoms with E-state index < -0.39 is 12.0 Å². The predicted molar refractivity (Wildman–Crippen MR) is 66.2 cm³/mol. The van der Waals surface area contributed by atoms with Crippen LogP contribution in [-0.4, -0.2) is 37.9 Å². The van der Waals surface area contributed by atoms with Gasteiger partial charge in [-0.15, -0.1) is 0 Å². The van der Waals surface area contributed by atoms with Gasteiger partial charge in [0.05, 0.1) is 24.3 Å². The Bertz CT molecular complexity index is 549. The van der Waals surface area contributed by atoms with Crippen LogP contribution in [0.2, 0.25) is 0 Å². The van der Waals surface area contributed by atoms with E-state index in [9.17, 15) is 14.7 Å². The van der Waals surface area contributed by atoms with Crippen LogP contribution in [0.25, 0.3) is 0 Å². The van der Waals surface area contributed by atoms with Crippen molar-refractivity contribution >= 4 is 11.9 Å². The van der Waals surface area contributed by atoms with Gasteiger partial charge < -0.3 is 15.0 Å². The van der Waals surface area contributed by atoms with Crippen LogP contribution in [0.3, 0.4) is 0 Å². The zero-order chi connectivity index (χ0) is 13.8. The third kappa shape index (κ3) is 1.91. The van der Waals surface area contributed by atoms with E-state index >= 15 is 0 Å². The highest BCUT2D eigenvalue weighted by Gasteiger charge is 2.53. The van der Waals surface area contributed by atoms with Gasteiger partial charge in [-0.25, -0.2) is 9.78 Å². The standard InChI is InChI=1S/C13H17N3O3/c1-13(2)4-7(13)11(17)16-5-9-8(14-6-15-9)3-10(16)12(18)19/h6-7,10H,3-5H2,1-2H3,(H,14,15)(H,18,19). The molecule has 0 spiro atoms. The Morgan fingerprint density at radius 1 is 1.53 bits per heavy atom. The lowest BCUT2D eigenvalue weighted by molar-refractivity contribution is -0.152. The van der Waals surface area contributed by atoms with Crippen LogP contribution in [0, 0.1) is 11.3 Å². The van der Waals surface area contributed by atoms with Crippen molar-refractivity contribution < 1.29 is 14.7 Å². The van der Waals surface area contributed by atoms with Crippen LogP contribution in [0.15, 0.2) is 6.33 Å². The van der Waals surface area contributed by atoms with Crippen molar-refractivity contribution in [3.8, 4) is 0 Å². The molecule has 102 valence electrons. The molecule has 2 heterocycles. The van der Waals surface area contributed by atoms with Gasteiger partial charge in [-0.05, 0) is 11.8 Å². The highest BCUT2D eigenvalue weighted by Crippen LogP contribution is 2.53. The molecule has 1 aliphatic heterocycles. The number of aliphatic carboxylic acids is 1. The second-order valence-corrected chi connectivity index (χ2v) is 6.10. The Balaban J connectivity index is 1.87. The van der Waals surface area contributed by atoms with Gasteiger partial charge in [-0.2, -0.15) is 0 Å². The Labute approximate surface area is 110 Å². The summed E-state index contributed by atoms with van der Waals surface area (Å²) in [6.07, 6.45) is 2.68. The number of nitrogens with one attached hydrogen (secondary N) is 1. The summed E-state index contributed by atoms with van der Waals surface area (Å²) in [6.45, 7) is 4.39. The molecule has 6 nitrogen and oxygen atoms in total. The van der Waals surface area contributed by atoms with Crippen LogP contribution >= 0.6 is 0 Å². The maximum absolute atomic E-state index is 12.5. The van der Waals surface area contributed by atoms with Gasteiger partial charge >= 0.3 is 5.97 Å². The molecule has 1 aromatic rings. The maximum atomic E-state index is 12.5. The Kier molecular flexibility index (Phi) is 2.45. The Morgan fingerprint density at radius 3 is 2.79 bits per heavy atom. The molecule has 0 bridgehead atoms. The van der Waals surface area contributed by atoms with Gasteiger partial charge in [-0.1, -0.05) is 13.8 Å². The van der Waals surface area contributed by atoms with Crippen molar-refractivity contribution in [2.24, 2.45) is 11.3 Å². The van der Waals surface area contributed by atoms with Crippen LogP contribution < -0.4 is 0 Å². The van der Waals surface area contributed by atoms with E-state index in [-0.39, 0.29) is 23.7 Å². The van der Waals surface area contributed by atoms with Crippen molar-refractivity contribution in [2.45, 2.75) is 39.3 Å². The number of carboxylic acids is 1. The Hall–Kier alpha value is -1.85. The maximum Gasteiger partial charge on any atom is 0.326 e. The second-order valence-electron chi connectivity index (χ2n) is 6.10. The van der Waals surface area contributed by atoms with E-state index in [2.05, 4.69) is 9.97 Å². The van der Waals surface area contributed by atoms with Gasteiger partial charge in [-0.3, -0.25) is 4.79 Å². The summed E-state index contributed by atoms with van der Waals surface area (Å²) < 4.78 is 0. The summed E-state index contributed by atoms with van der Waals surface area (Å²) in [4.78, 5) is 32.4. The quantitative estimate of drug-likeness (QED) is 0.826. The third-order valence-corrected chi connectivity index (χ3v) is 4.28. The highest BCUT2D eigenvalue weighted by atomic mass is 16.4. The molecule has 1 amide bonds. The van der Waals surface area contributed by atoms with Gasteiger partial charge in [0.2, 0.25) is 5.91 Å². The largest absolute Gasteiger partial charge is 0.480 e. The monoisotopic (exact) mass is 263 g/mol. The second kappa shape index (κ2) is 3.82. The number of hydrogen-bond donors (Lipinski definition) is 2. The smallest absolute Gasteiger partial charge is 0.326 e. The van der Waals surface area contributed by atoms with Gasteiger partial charge in [0.1, 0.15) is 6.04 Å². The zero-order valence-electron chi connectivity index (χ0n) is 11.0. The minimum atomic E-state index is -0.958. The van der Waals surface area contributed by atoms with E-state index in [0.717, 1.165) is 17.8 Å².